The molecular formula is C17H22N4. The zero-order chi connectivity index (χ0) is 15.2. The second-order valence-electron chi connectivity index (χ2n) is 5.45. The molecule has 0 spiro atoms. The molecular weight excluding hydrogens is 260 g/mol. The third-order valence-electron chi connectivity index (χ3n) is 3.43. The van der Waals surface area contributed by atoms with E-state index in [1.54, 1.807) is 0 Å². The van der Waals surface area contributed by atoms with Crippen molar-refractivity contribution in [2.75, 3.05) is 38.6 Å². The number of anilines is 1. The summed E-state index contributed by atoms with van der Waals surface area (Å²) in [4.78, 5) is 9.09. The van der Waals surface area contributed by atoms with Crippen LogP contribution in [0.1, 0.15) is 18.9 Å². The van der Waals surface area contributed by atoms with E-state index in [4.69, 9.17) is 4.98 Å². The van der Waals surface area contributed by atoms with Crippen LogP contribution in [0, 0.1) is 11.3 Å². The Kier molecular flexibility index (Phi) is 5.13. The summed E-state index contributed by atoms with van der Waals surface area (Å²) in [7, 11) is 4.12. The number of nitriles is 1. The Labute approximate surface area is 126 Å². The fourth-order valence-corrected chi connectivity index (χ4v) is 2.34. The molecule has 4 heteroatoms. The molecule has 1 aromatic heterocycles. The predicted octanol–water partition coefficient (Wildman–Crippen LogP) is 2.88. The summed E-state index contributed by atoms with van der Waals surface area (Å²) in [5.41, 5.74) is 1.60. The number of nitrogens with zero attached hydrogens (tertiary/aromatic N) is 4. The van der Waals surface area contributed by atoms with Crippen molar-refractivity contribution < 1.29 is 0 Å². The third kappa shape index (κ3) is 3.71. The Balaban J connectivity index is 2.42. The van der Waals surface area contributed by atoms with Crippen molar-refractivity contribution in [3.63, 3.8) is 0 Å². The molecule has 0 aliphatic heterocycles. The summed E-state index contributed by atoms with van der Waals surface area (Å²) in [6.45, 7) is 4.88. The molecule has 21 heavy (non-hydrogen) atoms. The predicted molar refractivity (Wildman–Crippen MR) is 87.5 cm³/mol. The van der Waals surface area contributed by atoms with Crippen LogP contribution in [-0.2, 0) is 0 Å². The molecule has 0 saturated heterocycles. The fraction of sp³-hybridized carbons (Fsp3) is 0.412. The van der Waals surface area contributed by atoms with Gasteiger partial charge >= 0.3 is 0 Å². The molecule has 0 amide bonds. The van der Waals surface area contributed by atoms with Gasteiger partial charge in [0.15, 0.2) is 0 Å². The van der Waals surface area contributed by atoms with Gasteiger partial charge in [0.05, 0.1) is 11.1 Å². The van der Waals surface area contributed by atoms with Gasteiger partial charge in [0.1, 0.15) is 11.9 Å². The highest BCUT2D eigenvalue weighted by atomic mass is 15.2. The molecule has 0 unspecified atom stereocenters. The van der Waals surface area contributed by atoms with Crippen LogP contribution >= 0.6 is 0 Å². The van der Waals surface area contributed by atoms with E-state index in [-0.39, 0.29) is 0 Å². The van der Waals surface area contributed by atoms with Crippen LogP contribution < -0.4 is 4.90 Å². The highest BCUT2D eigenvalue weighted by molar-refractivity contribution is 5.83. The number of benzene rings is 1. The minimum absolute atomic E-state index is 0.654. The SMILES string of the molecule is CCCN(CCN(C)C)c1nc2ccccc2cc1C#N. The molecule has 2 aromatic rings. The maximum Gasteiger partial charge on any atom is 0.147 e. The summed E-state index contributed by atoms with van der Waals surface area (Å²) < 4.78 is 0. The molecule has 0 atom stereocenters. The van der Waals surface area contributed by atoms with Gasteiger partial charge < -0.3 is 9.80 Å². The summed E-state index contributed by atoms with van der Waals surface area (Å²) in [5, 5.41) is 10.5. The van der Waals surface area contributed by atoms with E-state index in [0.29, 0.717) is 5.56 Å². The minimum Gasteiger partial charge on any atom is -0.354 e. The Morgan fingerprint density at radius 2 is 1.90 bits per heavy atom. The van der Waals surface area contributed by atoms with E-state index in [1.807, 2.05) is 30.3 Å². The van der Waals surface area contributed by atoms with Crippen LogP contribution in [0.15, 0.2) is 30.3 Å². The molecule has 0 saturated carbocycles. The lowest BCUT2D eigenvalue weighted by Gasteiger charge is -2.26. The molecule has 0 N–H and O–H groups in total. The zero-order valence-corrected chi connectivity index (χ0v) is 13.0. The van der Waals surface area contributed by atoms with E-state index < -0.39 is 0 Å². The zero-order valence-electron chi connectivity index (χ0n) is 13.0. The quantitative estimate of drug-likeness (QED) is 0.817. The second-order valence-corrected chi connectivity index (χ2v) is 5.45. The van der Waals surface area contributed by atoms with Crippen molar-refractivity contribution in [2.24, 2.45) is 0 Å². The highest BCUT2D eigenvalue weighted by Crippen LogP contribution is 2.23. The van der Waals surface area contributed by atoms with Crippen molar-refractivity contribution >= 4 is 16.7 Å². The van der Waals surface area contributed by atoms with Gasteiger partial charge in [0.2, 0.25) is 0 Å². The Morgan fingerprint density at radius 1 is 1.14 bits per heavy atom. The van der Waals surface area contributed by atoms with E-state index in [0.717, 1.165) is 42.8 Å². The lowest BCUT2D eigenvalue weighted by atomic mass is 10.1. The molecule has 2 rings (SSSR count). The summed E-state index contributed by atoms with van der Waals surface area (Å²) in [6.07, 6.45) is 1.03. The van der Waals surface area contributed by atoms with Gasteiger partial charge in [-0.15, -0.1) is 0 Å². The van der Waals surface area contributed by atoms with Gasteiger partial charge in [-0.3, -0.25) is 0 Å². The van der Waals surface area contributed by atoms with E-state index in [9.17, 15) is 5.26 Å². The molecule has 0 bridgehead atoms. The van der Waals surface area contributed by atoms with Gasteiger partial charge in [0.25, 0.3) is 0 Å². The largest absolute Gasteiger partial charge is 0.354 e. The second kappa shape index (κ2) is 7.05. The van der Waals surface area contributed by atoms with Crippen LogP contribution in [0.2, 0.25) is 0 Å². The van der Waals surface area contributed by atoms with Crippen molar-refractivity contribution in [3.05, 3.63) is 35.9 Å². The number of aromatic nitrogens is 1. The number of hydrogen-bond donors (Lipinski definition) is 0. The smallest absolute Gasteiger partial charge is 0.147 e. The van der Waals surface area contributed by atoms with Gasteiger partial charge in [0, 0.05) is 25.0 Å². The van der Waals surface area contributed by atoms with E-state index in [1.165, 1.54) is 0 Å². The Bertz CT molecular complexity index is 643. The van der Waals surface area contributed by atoms with Gasteiger partial charge in [-0.05, 0) is 32.6 Å². The average molecular weight is 282 g/mol. The lowest BCUT2D eigenvalue weighted by molar-refractivity contribution is 0.412. The van der Waals surface area contributed by atoms with Gasteiger partial charge in [-0.2, -0.15) is 5.26 Å². The van der Waals surface area contributed by atoms with E-state index >= 15 is 0 Å². The number of hydrogen-bond acceptors (Lipinski definition) is 4. The number of likely N-dealkylation sites (N-methyl/N-ethyl adjacent to an activating group) is 1. The highest BCUT2D eigenvalue weighted by Gasteiger charge is 2.14. The third-order valence-corrected chi connectivity index (χ3v) is 3.43. The van der Waals surface area contributed by atoms with Crippen molar-refractivity contribution in [3.8, 4) is 6.07 Å². The summed E-state index contributed by atoms with van der Waals surface area (Å²) in [5.74, 6) is 0.805. The lowest BCUT2D eigenvalue weighted by Crippen LogP contribution is -2.33. The maximum atomic E-state index is 9.45. The number of rotatable bonds is 6. The first-order chi connectivity index (χ1) is 10.2. The molecule has 1 heterocycles. The Morgan fingerprint density at radius 3 is 2.57 bits per heavy atom. The normalized spacial score (nSPS) is 10.8. The fourth-order valence-electron chi connectivity index (χ4n) is 2.34. The average Bonchev–Trinajstić information content (AvgIpc) is 2.50. The van der Waals surface area contributed by atoms with Crippen LogP contribution in [-0.4, -0.2) is 43.6 Å². The molecule has 1 aromatic carbocycles. The van der Waals surface area contributed by atoms with Gasteiger partial charge in [-0.1, -0.05) is 25.1 Å². The summed E-state index contributed by atoms with van der Waals surface area (Å²) in [6, 6.07) is 12.2. The number of para-hydroxylation sites is 1. The van der Waals surface area contributed by atoms with Gasteiger partial charge in [-0.25, -0.2) is 4.98 Å². The first kappa shape index (κ1) is 15.3. The standard InChI is InChI=1S/C17H22N4/c1-4-9-21(11-10-20(2)3)17-15(13-18)12-14-7-5-6-8-16(14)19-17/h5-8,12H,4,9-11H2,1-3H3. The molecule has 4 nitrogen and oxygen atoms in total. The topological polar surface area (TPSA) is 43.2 Å². The molecule has 0 aliphatic carbocycles. The van der Waals surface area contributed by atoms with Crippen LogP contribution in [0.25, 0.3) is 10.9 Å². The minimum atomic E-state index is 0.654. The van der Waals surface area contributed by atoms with Crippen LogP contribution in [0.4, 0.5) is 5.82 Å². The first-order valence-electron chi connectivity index (χ1n) is 7.35. The van der Waals surface area contributed by atoms with Crippen LogP contribution in [0.5, 0.6) is 0 Å². The number of pyridine rings is 1. The molecule has 110 valence electrons. The first-order valence-corrected chi connectivity index (χ1v) is 7.35. The van der Waals surface area contributed by atoms with Crippen molar-refractivity contribution in [1.29, 1.82) is 5.26 Å². The van der Waals surface area contributed by atoms with E-state index in [2.05, 4.69) is 36.9 Å². The Hall–Kier alpha value is -2.12. The monoisotopic (exact) mass is 282 g/mol. The van der Waals surface area contributed by atoms with Crippen LogP contribution in [0.3, 0.4) is 0 Å². The molecule has 0 fully saturated rings. The summed E-state index contributed by atoms with van der Waals surface area (Å²) >= 11 is 0. The molecule has 0 aliphatic rings. The maximum absolute atomic E-state index is 9.45. The van der Waals surface area contributed by atoms with Crippen molar-refractivity contribution in [1.82, 2.24) is 9.88 Å². The molecule has 0 radical (unpaired) electrons. The van der Waals surface area contributed by atoms with Crippen molar-refractivity contribution in [2.45, 2.75) is 13.3 Å². The number of fused-ring (bicyclic) bond motifs is 1.